The summed E-state index contributed by atoms with van der Waals surface area (Å²) >= 11 is 3.46. The molecule has 3 aromatic rings. The largest absolute Gasteiger partial charge is 0.464 e. The average Bonchev–Trinajstić information content (AvgIpc) is 2.83. The third kappa shape index (κ3) is 3.30. The first-order chi connectivity index (χ1) is 12.1. The maximum atomic E-state index is 12.2. The molecule has 3 nitrogen and oxygen atoms in total. The van der Waals surface area contributed by atoms with Gasteiger partial charge in [0.15, 0.2) is 0 Å². The highest BCUT2D eigenvalue weighted by Crippen LogP contribution is 2.38. The van der Waals surface area contributed by atoms with E-state index in [1.54, 1.807) is 0 Å². The Kier molecular flexibility index (Phi) is 4.74. The van der Waals surface area contributed by atoms with Gasteiger partial charge in [0.25, 0.3) is 0 Å². The molecule has 1 heterocycles. The van der Waals surface area contributed by atoms with E-state index in [0.717, 1.165) is 43.3 Å². The van der Waals surface area contributed by atoms with Crippen molar-refractivity contribution >= 4 is 32.9 Å². The van der Waals surface area contributed by atoms with Crippen molar-refractivity contribution in [2.24, 2.45) is 0 Å². The molecule has 0 unspecified atom stereocenters. The summed E-state index contributed by atoms with van der Waals surface area (Å²) < 4.78 is 2.51. The van der Waals surface area contributed by atoms with Crippen LogP contribution in [0.5, 0.6) is 0 Å². The van der Waals surface area contributed by atoms with Crippen molar-refractivity contribution in [2.75, 3.05) is 0 Å². The van der Waals surface area contributed by atoms with E-state index in [4.69, 9.17) is 0 Å². The summed E-state index contributed by atoms with van der Waals surface area (Å²) in [4.78, 5) is 12.2. The first-order valence-corrected chi connectivity index (χ1v) is 9.51. The first-order valence-electron chi connectivity index (χ1n) is 8.72. The minimum absolute atomic E-state index is 0.163. The predicted molar refractivity (Wildman–Crippen MR) is 110 cm³/mol. The topological polar surface area (TPSA) is 42.2 Å². The van der Waals surface area contributed by atoms with Crippen LogP contribution in [-0.2, 0) is 11.8 Å². The van der Waals surface area contributed by atoms with Crippen LogP contribution in [0.1, 0.15) is 48.7 Å². The lowest BCUT2D eigenvalue weighted by molar-refractivity contribution is 0.196. The van der Waals surface area contributed by atoms with Gasteiger partial charge in [-0.3, -0.25) is 0 Å². The van der Waals surface area contributed by atoms with Gasteiger partial charge in [0.2, 0.25) is 0 Å². The predicted octanol–water partition coefficient (Wildman–Crippen LogP) is 6.44. The molecule has 4 heteroatoms. The molecule has 0 aliphatic heterocycles. The number of carboxylic acid groups (broad SMARTS) is 1. The van der Waals surface area contributed by atoms with Crippen LogP contribution in [0.4, 0.5) is 4.79 Å². The van der Waals surface area contributed by atoms with Gasteiger partial charge in [-0.15, -0.1) is 0 Å². The van der Waals surface area contributed by atoms with Gasteiger partial charge < -0.3 is 5.11 Å². The van der Waals surface area contributed by atoms with E-state index in [9.17, 15) is 9.90 Å². The molecule has 0 radical (unpaired) electrons. The van der Waals surface area contributed by atoms with Gasteiger partial charge in [-0.2, -0.15) is 0 Å². The highest BCUT2D eigenvalue weighted by atomic mass is 79.9. The fraction of sp³-hybridized carbons (Fsp3) is 0.318. The molecule has 0 fully saturated rings. The van der Waals surface area contributed by atoms with E-state index < -0.39 is 6.09 Å². The standard InChI is InChI=1S/C22H24BrNO2/c1-13-10-14(2)20-17(11-13)19(22(3,4)5)18(24(20)21(25)26)12-15-6-8-16(23)9-7-15/h6-11H,12H2,1-5H3,(H,25,26). The molecule has 3 rings (SSSR count). The molecule has 136 valence electrons. The highest BCUT2D eigenvalue weighted by molar-refractivity contribution is 9.10. The van der Waals surface area contributed by atoms with Crippen LogP contribution < -0.4 is 0 Å². The molecule has 0 saturated heterocycles. The second-order valence-corrected chi connectivity index (χ2v) is 8.89. The van der Waals surface area contributed by atoms with Crippen LogP contribution in [0.15, 0.2) is 40.9 Å². The van der Waals surface area contributed by atoms with Crippen molar-refractivity contribution in [2.45, 2.75) is 46.5 Å². The maximum absolute atomic E-state index is 12.2. The minimum atomic E-state index is -0.926. The van der Waals surface area contributed by atoms with Crippen molar-refractivity contribution in [3.05, 3.63) is 68.8 Å². The fourth-order valence-electron chi connectivity index (χ4n) is 3.86. The number of aryl methyl sites for hydroxylation is 2. The molecule has 0 atom stereocenters. The van der Waals surface area contributed by atoms with E-state index in [1.165, 1.54) is 4.57 Å². The number of halogens is 1. The Hall–Kier alpha value is -2.07. The Bertz CT molecular complexity index is 992. The zero-order valence-electron chi connectivity index (χ0n) is 15.9. The Labute approximate surface area is 162 Å². The molecule has 2 aromatic carbocycles. The molecule has 1 aromatic heterocycles. The molecule has 0 amide bonds. The molecule has 0 bridgehead atoms. The Balaban J connectivity index is 2.38. The normalized spacial score (nSPS) is 11.9. The Morgan fingerprint density at radius 1 is 1.12 bits per heavy atom. The van der Waals surface area contributed by atoms with Crippen molar-refractivity contribution in [3.8, 4) is 0 Å². The SMILES string of the molecule is Cc1cc(C)c2c(c1)c(C(C)(C)C)c(Cc1ccc(Br)cc1)n2C(=O)O. The second-order valence-electron chi connectivity index (χ2n) is 7.97. The van der Waals surface area contributed by atoms with Gasteiger partial charge in [-0.05, 0) is 54.2 Å². The van der Waals surface area contributed by atoms with Crippen molar-refractivity contribution in [1.82, 2.24) is 4.57 Å². The van der Waals surface area contributed by atoms with E-state index in [-0.39, 0.29) is 5.41 Å². The third-order valence-electron chi connectivity index (χ3n) is 4.72. The third-order valence-corrected chi connectivity index (χ3v) is 5.25. The summed E-state index contributed by atoms with van der Waals surface area (Å²) in [5.74, 6) is 0. The number of benzene rings is 2. The molecular formula is C22H24BrNO2. The average molecular weight is 414 g/mol. The lowest BCUT2D eigenvalue weighted by atomic mass is 9.83. The zero-order valence-corrected chi connectivity index (χ0v) is 17.4. The molecular weight excluding hydrogens is 390 g/mol. The molecule has 1 N–H and O–H groups in total. The van der Waals surface area contributed by atoms with E-state index >= 15 is 0 Å². The van der Waals surface area contributed by atoms with Crippen molar-refractivity contribution < 1.29 is 9.90 Å². The summed E-state index contributed by atoms with van der Waals surface area (Å²) in [7, 11) is 0. The van der Waals surface area contributed by atoms with Crippen molar-refractivity contribution in [3.63, 3.8) is 0 Å². The smallest absolute Gasteiger partial charge is 0.416 e. The van der Waals surface area contributed by atoms with Gasteiger partial charge in [-0.1, -0.05) is 60.5 Å². The summed E-state index contributed by atoms with van der Waals surface area (Å²) in [5, 5.41) is 11.1. The number of carbonyl (C=O) groups is 1. The Morgan fingerprint density at radius 2 is 1.73 bits per heavy atom. The maximum Gasteiger partial charge on any atom is 0.416 e. The van der Waals surface area contributed by atoms with E-state index in [0.29, 0.717) is 6.42 Å². The molecule has 26 heavy (non-hydrogen) atoms. The number of hydrogen-bond acceptors (Lipinski definition) is 1. The zero-order chi connectivity index (χ0) is 19.2. The Morgan fingerprint density at radius 3 is 2.27 bits per heavy atom. The van der Waals surface area contributed by atoms with Gasteiger partial charge >= 0.3 is 6.09 Å². The lowest BCUT2D eigenvalue weighted by Crippen LogP contribution is -2.18. The van der Waals surface area contributed by atoms with Gasteiger partial charge in [0.05, 0.1) is 5.52 Å². The summed E-state index contributed by atoms with van der Waals surface area (Å²) in [5.41, 5.74) is 5.86. The first kappa shape index (κ1) is 18.7. The fourth-order valence-corrected chi connectivity index (χ4v) is 4.12. The molecule has 0 aliphatic carbocycles. The van der Waals surface area contributed by atoms with E-state index in [2.05, 4.69) is 55.8 Å². The van der Waals surface area contributed by atoms with Crippen molar-refractivity contribution in [1.29, 1.82) is 0 Å². The lowest BCUT2D eigenvalue weighted by Gasteiger charge is -2.21. The monoisotopic (exact) mass is 413 g/mol. The van der Waals surface area contributed by atoms with Gasteiger partial charge in [-0.25, -0.2) is 9.36 Å². The number of nitrogens with zero attached hydrogens (tertiary/aromatic N) is 1. The molecule has 0 spiro atoms. The molecule has 0 aliphatic rings. The van der Waals surface area contributed by atoms with Crippen LogP contribution in [0.2, 0.25) is 0 Å². The minimum Gasteiger partial charge on any atom is -0.464 e. The van der Waals surface area contributed by atoms with E-state index in [1.807, 2.05) is 31.2 Å². The summed E-state index contributed by atoms with van der Waals surface area (Å²) in [6, 6.07) is 12.2. The van der Waals surface area contributed by atoms with Crippen LogP contribution in [0.25, 0.3) is 10.9 Å². The van der Waals surface area contributed by atoms with Crippen LogP contribution in [0, 0.1) is 13.8 Å². The number of aromatic nitrogens is 1. The number of rotatable bonds is 2. The summed E-state index contributed by atoms with van der Waals surface area (Å²) in [6.07, 6.45) is -0.344. The highest BCUT2D eigenvalue weighted by Gasteiger charge is 2.29. The second kappa shape index (κ2) is 6.58. The number of hydrogen-bond donors (Lipinski definition) is 1. The quantitative estimate of drug-likeness (QED) is 0.525. The van der Waals surface area contributed by atoms with Crippen LogP contribution in [0.3, 0.4) is 0 Å². The number of fused-ring (bicyclic) bond motifs is 1. The van der Waals surface area contributed by atoms with Gasteiger partial charge in [0, 0.05) is 22.0 Å². The van der Waals surface area contributed by atoms with Gasteiger partial charge in [0.1, 0.15) is 0 Å². The summed E-state index contributed by atoms with van der Waals surface area (Å²) in [6.45, 7) is 10.5. The van der Waals surface area contributed by atoms with Crippen LogP contribution >= 0.6 is 15.9 Å². The molecule has 0 saturated carbocycles. The van der Waals surface area contributed by atoms with Crippen LogP contribution in [-0.4, -0.2) is 15.8 Å².